The third kappa shape index (κ3) is 3.01. The SMILES string of the molecule is Nc1ccc(F)cc1OCc1c(F)ccc(Br)c1F. The molecule has 0 bridgehead atoms. The lowest BCUT2D eigenvalue weighted by atomic mass is 10.2. The van der Waals surface area contributed by atoms with Gasteiger partial charge in [0, 0.05) is 6.07 Å². The number of hydrogen-bond acceptors (Lipinski definition) is 2. The molecule has 0 amide bonds. The fourth-order valence-electron chi connectivity index (χ4n) is 1.48. The van der Waals surface area contributed by atoms with Crippen LogP contribution in [0.5, 0.6) is 5.75 Å². The molecule has 0 aliphatic carbocycles. The van der Waals surface area contributed by atoms with Crippen LogP contribution in [0, 0.1) is 17.5 Å². The molecule has 2 rings (SSSR count). The first kappa shape index (κ1) is 13.7. The van der Waals surface area contributed by atoms with E-state index in [1.165, 1.54) is 18.2 Å². The summed E-state index contributed by atoms with van der Waals surface area (Å²) in [4.78, 5) is 0. The first-order chi connectivity index (χ1) is 8.99. The summed E-state index contributed by atoms with van der Waals surface area (Å²) in [6.45, 7) is -0.384. The minimum Gasteiger partial charge on any atom is -0.486 e. The molecule has 0 atom stereocenters. The van der Waals surface area contributed by atoms with Gasteiger partial charge in [0.15, 0.2) is 0 Å². The maximum atomic E-state index is 13.7. The molecule has 0 aliphatic heterocycles. The van der Waals surface area contributed by atoms with Crippen molar-refractivity contribution in [1.82, 2.24) is 0 Å². The van der Waals surface area contributed by atoms with Crippen LogP contribution in [0.1, 0.15) is 5.56 Å². The molecule has 2 aromatic carbocycles. The first-order valence-corrected chi connectivity index (χ1v) is 6.08. The average Bonchev–Trinajstić information content (AvgIpc) is 2.38. The number of nitrogens with two attached hydrogens (primary N) is 1. The van der Waals surface area contributed by atoms with Crippen LogP contribution >= 0.6 is 15.9 Å². The lowest BCUT2D eigenvalue weighted by Gasteiger charge is -2.11. The molecule has 2 aromatic rings. The van der Waals surface area contributed by atoms with Crippen LogP contribution < -0.4 is 10.5 Å². The van der Waals surface area contributed by atoms with Gasteiger partial charge < -0.3 is 10.5 Å². The Hall–Kier alpha value is -1.69. The second kappa shape index (κ2) is 5.52. The maximum Gasteiger partial charge on any atom is 0.146 e. The van der Waals surface area contributed by atoms with Crippen molar-refractivity contribution in [1.29, 1.82) is 0 Å². The summed E-state index contributed by atoms with van der Waals surface area (Å²) >= 11 is 2.95. The van der Waals surface area contributed by atoms with E-state index in [9.17, 15) is 13.2 Å². The Morgan fingerprint density at radius 1 is 1.11 bits per heavy atom. The Morgan fingerprint density at radius 3 is 2.58 bits per heavy atom. The van der Waals surface area contributed by atoms with Crippen molar-refractivity contribution in [3.63, 3.8) is 0 Å². The molecule has 0 saturated heterocycles. The van der Waals surface area contributed by atoms with Crippen LogP contribution in [0.3, 0.4) is 0 Å². The molecule has 100 valence electrons. The lowest BCUT2D eigenvalue weighted by Crippen LogP contribution is -2.04. The van der Waals surface area contributed by atoms with Gasteiger partial charge in [-0.1, -0.05) is 0 Å². The van der Waals surface area contributed by atoms with Gasteiger partial charge in [-0.25, -0.2) is 13.2 Å². The van der Waals surface area contributed by atoms with Crippen LogP contribution in [0.4, 0.5) is 18.9 Å². The Balaban J connectivity index is 2.24. The van der Waals surface area contributed by atoms with E-state index in [-0.39, 0.29) is 28.1 Å². The highest BCUT2D eigenvalue weighted by Gasteiger charge is 2.13. The smallest absolute Gasteiger partial charge is 0.146 e. The first-order valence-electron chi connectivity index (χ1n) is 5.29. The topological polar surface area (TPSA) is 35.2 Å². The van der Waals surface area contributed by atoms with Gasteiger partial charge in [-0.2, -0.15) is 0 Å². The molecule has 0 radical (unpaired) electrons. The summed E-state index contributed by atoms with van der Waals surface area (Å²) < 4.78 is 45.4. The highest BCUT2D eigenvalue weighted by Crippen LogP contribution is 2.26. The second-order valence-electron chi connectivity index (χ2n) is 3.79. The summed E-state index contributed by atoms with van der Waals surface area (Å²) in [5.74, 6) is -2.00. The highest BCUT2D eigenvalue weighted by molar-refractivity contribution is 9.10. The fraction of sp³-hybridized carbons (Fsp3) is 0.0769. The van der Waals surface area contributed by atoms with E-state index in [1.807, 2.05) is 0 Å². The Morgan fingerprint density at radius 2 is 1.84 bits per heavy atom. The zero-order valence-corrected chi connectivity index (χ0v) is 11.2. The number of benzene rings is 2. The van der Waals surface area contributed by atoms with E-state index in [1.54, 1.807) is 0 Å². The van der Waals surface area contributed by atoms with E-state index in [2.05, 4.69) is 15.9 Å². The van der Waals surface area contributed by atoms with Gasteiger partial charge in [0.2, 0.25) is 0 Å². The zero-order chi connectivity index (χ0) is 14.0. The quantitative estimate of drug-likeness (QED) is 0.680. The molecule has 0 unspecified atom stereocenters. The molecule has 0 aliphatic rings. The number of nitrogen functional groups attached to an aromatic ring is 1. The van der Waals surface area contributed by atoms with Crippen LogP contribution in [-0.4, -0.2) is 0 Å². The monoisotopic (exact) mass is 331 g/mol. The van der Waals surface area contributed by atoms with Crippen LogP contribution in [0.2, 0.25) is 0 Å². The van der Waals surface area contributed by atoms with Crippen molar-refractivity contribution in [2.45, 2.75) is 6.61 Å². The predicted octanol–water partition coefficient (Wildman–Crippen LogP) is 4.03. The normalized spacial score (nSPS) is 10.5. The van der Waals surface area contributed by atoms with Gasteiger partial charge in [0.25, 0.3) is 0 Å². The third-order valence-electron chi connectivity index (χ3n) is 2.49. The van der Waals surface area contributed by atoms with E-state index in [4.69, 9.17) is 10.5 Å². The van der Waals surface area contributed by atoms with Crippen molar-refractivity contribution in [3.05, 3.63) is 57.8 Å². The molecular formula is C13H9BrF3NO. The molecule has 0 spiro atoms. The third-order valence-corrected chi connectivity index (χ3v) is 3.10. The van der Waals surface area contributed by atoms with Crippen LogP contribution in [-0.2, 0) is 6.61 Å². The summed E-state index contributed by atoms with van der Waals surface area (Å²) in [5.41, 5.74) is 5.51. The zero-order valence-electron chi connectivity index (χ0n) is 9.59. The summed E-state index contributed by atoms with van der Waals surface area (Å²) in [5, 5.41) is 0. The van der Waals surface area contributed by atoms with E-state index in [0.29, 0.717) is 0 Å². The number of halogens is 4. The minimum absolute atomic E-state index is 0.0405. The van der Waals surface area contributed by atoms with E-state index in [0.717, 1.165) is 12.1 Å². The fourth-order valence-corrected chi connectivity index (χ4v) is 1.86. The van der Waals surface area contributed by atoms with Crippen molar-refractivity contribution in [2.24, 2.45) is 0 Å². The Bertz CT molecular complexity index is 619. The van der Waals surface area contributed by atoms with E-state index < -0.39 is 17.5 Å². The van der Waals surface area contributed by atoms with E-state index >= 15 is 0 Å². The van der Waals surface area contributed by atoms with Crippen LogP contribution in [0.15, 0.2) is 34.8 Å². The number of anilines is 1. The second-order valence-corrected chi connectivity index (χ2v) is 4.65. The van der Waals surface area contributed by atoms with Gasteiger partial charge in [-0.05, 0) is 40.2 Å². The highest BCUT2D eigenvalue weighted by atomic mass is 79.9. The van der Waals surface area contributed by atoms with Gasteiger partial charge >= 0.3 is 0 Å². The number of ether oxygens (including phenoxy) is 1. The number of hydrogen-bond donors (Lipinski definition) is 1. The van der Waals surface area contributed by atoms with Crippen molar-refractivity contribution < 1.29 is 17.9 Å². The summed E-state index contributed by atoms with van der Waals surface area (Å²) in [6.07, 6.45) is 0. The van der Waals surface area contributed by atoms with Crippen molar-refractivity contribution in [3.8, 4) is 5.75 Å². The van der Waals surface area contributed by atoms with Gasteiger partial charge in [0.1, 0.15) is 29.8 Å². The summed E-state index contributed by atoms with van der Waals surface area (Å²) in [7, 11) is 0. The minimum atomic E-state index is -0.755. The lowest BCUT2D eigenvalue weighted by molar-refractivity contribution is 0.292. The largest absolute Gasteiger partial charge is 0.486 e. The Kier molecular flexibility index (Phi) is 3.99. The average molecular weight is 332 g/mol. The van der Waals surface area contributed by atoms with Gasteiger partial charge in [-0.3, -0.25) is 0 Å². The molecule has 6 heteroatoms. The van der Waals surface area contributed by atoms with Gasteiger partial charge in [-0.15, -0.1) is 0 Å². The van der Waals surface area contributed by atoms with Gasteiger partial charge in [0.05, 0.1) is 15.7 Å². The molecule has 19 heavy (non-hydrogen) atoms. The predicted molar refractivity (Wildman–Crippen MR) is 69.2 cm³/mol. The van der Waals surface area contributed by atoms with Crippen molar-refractivity contribution >= 4 is 21.6 Å². The molecule has 2 nitrogen and oxygen atoms in total. The molecular weight excluding hydrogens is 323 g/mol. The van der Waals surface area contributed by atoms with Crippen LogP contribution in [0.25, 0.3) is 0 Å². The molecule has 0 fully saturated rings. The number of rotatable bonds is 3. The maximum absolute atomic E-state index is 13.7. The standard InChI is InChI=1S/C13H9BrF3NO/c14-9-2-3-10(16)8(13(9)17)6-19-12-5-7(15)1-4-11(12)18/h1-5H,6,18H2. The molecule has 0 saturated carbocycles. The molecule has 2 N–H and O–H groups in total. The summed E-state index contributed by atoms with van der Waals surface area (Å²) in [6, 6.07) is 5.91. The van der Waals surface area contributed by atoms with Crippen molar-refractivity contribution in [2.75, 3.05) is 5.73 Å². The molecule has 0 aromatic heterocycles. The Labute approximate surface area is 116 Å². The molecule has 0 heterocycles.